The largest absolute Gasteiger partial charge is 0.494 e. The Morgan fingerprint density at radius 3 is 2.60 bits per heavy atom. The predicted molar refractivity (Wildman–Crippen MR) is 50.9 cm³/mol. The van der Waals surface area contributed by atoms with Crippen LogP contribution in [0.5, 0.6) is 5.75 Å². The molecule has 0 saturated carbocycles. The van der Waals surface area contributed by atoms with Crippen LogP contribution in [0.15, 0.2) is 6.20 Å². The minimum Gasteiger partial charge on any atom is -0.494 e. The monoisotopic (exact) mass is 255 g/mol. The molecule has 1 aromatic heterocycles. The number of ether oxygens (including phenoxy) is 1. The van der Waals surface area contributed by atoms with Crippen molar-refractivity contribution in [1.29, 1.82) is 0 Å². The first-order chi connectivity index (χ1) is 6.99. The van der Waals surface area contributed by atoms with E-state index in [0.29, 0.717) is 0 Å². The van der Waals surface area contributed by atoms with Crippen LogP contribution in [0, 0.1) is 0 Å². The summed E-state index contributed by atoms with van der Waals surface area (Å²) in [6, 6.07) is 0. The van der Waals surface area contributed by atoms with E-state index in [9.17, 15) is 13.6 Å². The molecule has 1 rings (SSSR count). The Kier molecular flexibility index (Phi) is 3.82. The lowest BCUT2D eigenvalue weighted by atomic mass is 10.1. The highest BCUT2D eigenvalue weighted by Crippen LogP contribution is 2.34. The second-order valence-corrected chi connectivity index (χ2v) is 3.18. The van der Waals surface area contributed by atoms with E-state index in [1.807, 2.05) is 0 Å². The fourth-order valence-corrected chi connectivity index (χ4v) is 1.46. The maximum absolute atomic E-state index is 12.6. The number of alkyl halides is 2. The van der Waals surface area contributed by atoms with Crippen molar-refractivity contribution in [3.63, 3.8) is 0 Å². The lowest BCUT2D eigenvalue weighted by Crippen LogP contribution is -2.04. The van der Waals surface area contributed by atoms with Crippen molar-refractivity contribution >= 4 is 28.4 Å². The highest BCUT2D eigenvalue weighted by molar-refractivity contribution is 6.68. The first kappa shape index (κ1) is 12.1. The fourth-order valence-electron chi connectivity index (χ4n) is 1.04. The van der Waals surface area contributed by atoms with Gasteiger partial charge in [-0.3, -0.25) is 4.79 Å². The van der Waals surface area contributed by atoms with Gasteiger partial charge in [0.2, 0.25) is 0 Å². The number of aromatic nitrogens is 1. The van der Waals surface area contributed by atoms with Crippen molar-refractivity contribution in [1.82, 2.24) is 4.98 Å². The van der Waals surface area contributed by atoms with Crippen molar-refractivity contribution in [3.8, 4) is 5.75 Å². The van der Waals surface area contributed by atoms with Crippen molar-refractivity contribution in [2.24, 2.45) is 0 Å². The first-order valence-corrected chi connectivity index (χ1v) is 4.45. The quantitative estimate of drug-likeness (QED) is 0.616. The summed E-state index contributed by atoms with van der Waals surface area (Å²) in [6.45, 7) is 0. The maximum atomic E-state index is 12.6. The highest BCUT2D eigenvalue weighted by atomic mass is 35.5. The number of hydrogen-bond acceptors (Lipinski definition) is 3. The van der Waals surface area contributed by atoms with E-state index < -0.39 is 27.9 Å². The molecule has 0 atom stereocenters. The summed E-state index contributed by atoms with van der Waals surface area (Å²) in [6.07, 6.45) is -1.89. The molecule has 0 aliphatic carbocycles. The molecule has 0 amide bonds. The summed E-state index contributed by atoms with van der Waals surface area (Å²) in [5.74, 6) is -0.130. The van der Waals surface area contributed by atoms with Gasteiger partial charge in [-0.15, -0.1) is 0 Å². The van der Waals surface area contributed by atoms with Crippen molar-refractivity contribution < 1.29 is 18.3 Å². The smallest absolute Gasteiger partial charge is 0.267 e. The molecule has 0 aliphatic heterocycles. The van der Waals surface area contributed by atoms with E-state index in [1.165, 1.54) is 7.11 Å². The number of nitrogens with zero attached hydrogens (tertiary/aromatic N) is 1. The average Bonchev–Trinajstić information content (AvgIpc) is 2.16. The number of halogens is 4. The van der Waals surface area contributed by atoms with Crippen LogP contribution in [0.3, 0.4) is 0 Å². The summed E-state index contributed by atoms with van der Waals surface area (Å²) >= 11 is 10.6. The number of rotatable bonds is 3. The molecule has 0 bridgehead atoms. The molecule has 7 heteroatoms. The number of carbonyl (C=O) groups excluding carboxylic acids is 1. The topological polar surface area (TPSA) is 39.2 Å². The summed E-state index contributed by atoms with van der Waals surface area (Å²) in [7, 11) is 1.21. The lowest BCUT2D eigenvalue weighted by molar-refractivity contribution is 0.106. The second kappa shape index (κ2) is 4.72. The number of carbonyl (C=O) groups is 1. The summed E-state index contributed by atoms with van der Waals surface area (Å²) in [5.41, 5.74) is -1.16. The van der Waals surface area contributed by atoms with Crippen LogP contribution in [-0.2, 0) is 0 Å². The molecule has 82 valence electrons. The van der Waals surface area contributed by atoms with Gasteiger partial charge in [-0.1, -0.05) is 11.6 Å². The van der Waals surface area contributed by atoms with E-state index in [4.69, 9.17) is 27.9 Å². The van der Waals surface area contributed by atoms with Gasteiger partial charge in [0.05, 0.1) is 24.4 Å². The van der Waals surface area contributed by atoms with Crippen molar-refractivity contribution in [2.75, 3.05) is 7.11 Å². The maximum Gasteiger partial charge on any atom is 0.267 e. The lowest BCUT2D eigenvalue weighted by Gasteiger charge is -2.10. The first-order valence-electron chi connectivity index (χ1n) is 3.69. The molecular weight excluding hydrogens is 251 g/mol. The predicted octanol–water partition coefficient (Wildman–Crippen LogP) is 3.06. The Balaban J connectivity index is 3.51. The van der Waals surface area contributed by atoms with Gasteiger partial charge in [-0.2, -0.15) is 0 Å². The van der Waals surface area contributed by atoms with Crippen LogP contribution in [0.4, 0.5) is 8.78 Å². The van der Waals surface area contributed by atoms with Crippen LogP contribution in [0.1, 0.15) is 22.3 Å². The fraction of sp³-hybridized carbons (Fsp3) is 0.250. The molecule has 3 nitrogen and oxygen atoms in total. The standard InChI is InChI=1S/C8H5Cl2F2NO2/c1-15-3-2-13-6(9)5(8(11)12)4(3)7(10)14/h2,8H,1H3. The SMILES string of the molecule is COc1cnc(Cl)c(C(F)F)c1C(=O)Cl. The third-order valence-corrected chi connectivity index (χ3v) is 2.16. The zero-order valence-electron chi connectivity index (χ0n) is 7.43. The van der Waals surface area contributed by atoms with E-state index in [2.05, 4.69) is 4.98 Å². The van der Waals surface area contributed by atoms with Crippen molar-refractivity contribution in [2.45, 2.75) is 6.43 Å². The van der Waals surface area contributed by atoms with Gasteiger partial charge >= 0.3 is 0 Å². The normalized spacial score (nSPS) is 10.5. The number of pyridine rings is 1. The van der Waals surface area contributed by atoms with Crippen LogP contribution in [0.25, 0.3) is 0 Å². The van der Waals surface area contributed by atoms with Crippen molar-refractivity contribution in [3.05, 3.63) is 22.5 Å². The van der Waals surface area contributed by atoms with Gasteiger partial charge < -0.3 is 4.74 Å². The highest BCUT2D eigenvalue weighted by Gasteiger charge is 2.25. The molecular formula is C8H5Cl2F2NO2. The van der Waals surface area contributed by atoms with E-state index >= 15 is 0 Å². The van der Waals surface area contributed by atoms with Gasteiger partial charge in [0.1, 0.15) is 10.9 Å². The molecule has 0 N–H and O–H groups in total. The van der Waals surface area contributed by atoms with Gasteiger partial charge in [-0.25, -0.2) is 13.8 Å². The van der Waals surface area contributed by atoms with Gasteiger partial charge in [0.25, 0.3) is 11.7 Å². The molecule has 0 aliphatic rings. The van der Waals surface area contributed by atoms with E-state index in [1.54, 1.807) is 0 Å². The van der Waals surface area contributed by atoms with E-state index in [-0.39, 0.29) is 5.75 Å². The molecule has 1 aromatic rings. The second-order valence-electron chi connectivity index (χ2n) is 2.48. The molecule has 0 saturated heterocycles. The molecule has 0 spiro atoms. The van der Waals surface area contributed by atoms with Gasteiger partial charge in [0.15, 0.2) is 0 Å². The third kappa shape index (κ3) is 2.35. The Morgan fingerprint density at radius 2 is 2.20 bits per heavy atom. The van der Waals surface area contributed by atoms with Crippen LogP contribution in [0.2, 0.25) is 5.15 Å². The minimum atomic E-state index is -2.95. The average molecular weight is 256 g/mol. The zero-order valence-corrected chi connectivity index (χ0v) is 8.94. The molecule has 0 unspecified atom stereocenters. The van der Waals surface area contributed by atoms with E-state index in [0.717, 1.165) is 6.20 Å². The van der Waals surface area contributed by atoms with Gasteiger partial charge in [0, 0.05) is 0 Å². The Labute approximate surface area is 94.0 Å². The summed E-state index contributed by atoms with van der Waals surface area (Å²) in [5, 5.41) is -1.53. The Hall–Kier alpha value is -0.940. The number of methoxy groups -OCH3 is 1. The molecule has 0 radical (unpaired) electrons. The van der Waals surface area contributed by atoms with Crippen LogP contribution < -0.4 is 4.74 Å². The third-order valence-electron chi connectivity index (χ3n) is 1.67. The number of hydrogen-bond donors (Lipinski definition) is 0. The summed E-state index contributed by atoms with van der Waals surface area (Å²) < 4.78 is 29.8. The molecule has 1 heterocycles. The van der Waals surface area contributed by atoms with Crippen LogP contribution >= 0.6 is 23.2 Å². The Bertz CT molecular complexity index is 398. The molecule has 0 fully saturated rings. The molecule has 15 heavy (non-hydrogen) atoms. The van der Waals surface area contributed by atoms with Crippen LogP contribution in [-0.4, -0.2) is 17.3 Å². The van der Waals surface area contributed by atoms with Gasteiger partial charge in [-0.05, 0) is 11.6 Å². The Morgan fingerprint density at radius 1 is 1.60 bits per heavy atom. The minimum absolute atomic E-state index is 0.130. The zero-order chi connectivity index (χ0) is 11.6. The summed E-state index contributed by atoms with van der Waals surface area (Å²) in [4.78, 5) is 14.4. The molecule has 0 aromatic carbocycles.